The Labute approximate surface area is 128 Å². The minimum Gasteiger partial charge on any atom is -0.347 e. The number of nitrogens with zero attached hydrogens (tertiary/aromatic N) is 1. The zero-order chi connectivity index (χ0) is 15.7. The third-order valence-electron chi connectivity index (χ3n) is 4.95. The highest BCUT2D eigenvalue weighted by atomic mass is 16.7. The lowest BCUT2D eigenvalue weighted by atomic mass is 9.88. The predicted octanol–water partition coefficient (Wildman–Crippen LogP) is 2.61. The van der Waals surface area contributed by atoms with E-state index in [2.05, 4.69) is 33.0 Å². The molecule has 2 aliphatic rings. The Hall–Kier alpha value is -0.810. The van der Waals surface area contributed by atoms with Crippen LogP contribution in [0.5, 0.6) is 0 Å². The normalized spacial score (nSPS) is 27.5. The first-order chi connectivity index (χ1) is 9.72. The van der Waals surface area contributed by atoms with Gasteiger partial charge < -0.3 is 19.7 Å². The Bertz CT molecular complexity index is 372. The molecule has 0 aromatic rings. The van der Waals surface area contributed by atoms with Crippen LogP contribution in [0.3, 0.4) is 0 Å². The summed E-state index contributed by atoms with van der Waals surface area (Å²) in [5, 5.41) is 3.12. The van der Waals surface area contributed by atoms with E-state index in [4.69, 9.17) is 9.47 Å². The standard InChI is InChI=1S/C16H30N2O3/c1-12(15(2,3)4)17-14(19)18-8-6-7-13(11-18)16(5)20-9-10-21-16/h12-13H,6-11H2,1-5H3,(H,17,19). The lowest BCUT2D eigenvalue weighted by Gasteiger charge is -2.40. The predicted molar refractivity (Wildman–Crippen MR) is 82.1 cm³/mol. The fourth-order valence-corrected chi connectivity index (χ4v) is 2.85. The first-order valence-electron chi connectivity index (χ1n) is 8.06. The average molecular weight is 298 g/mol. The highest BCUT2D eigenvalue weighted by molar-refractivity contribution is 5.74. The van der Waals surface area contributed by atoms with Crippen LogP contribution >= 0.6 is 0 Å². The number of urea groups is 1. The molecular weight excluding hydrogens is 268 g/mol. The monoisotopic (exact) mass is 298 g/mol. The van der Waals surface area contributed by atoms with Gasteiger partial charge in [0, 0.05) is 25.0 Å². The summed E-state index contributed by atoms with van der Waals surface area (Å²) in [4.78, 5) is 14.4. The van der Waals surface area contributed by atoms with Crippen molar-refractivity contribution < 1.29 is 14.3 Å². The van der Waals surface area contributed by atoms with E-state index < -0.39 is 5.79 Å². The molecule has 5 nitrogen and oxygen atoms in total. The number of carbonyl (C=O) groups is 1. The van der Waals surface area contributed by atoms with Crippen LogP contribution < -0.4 is 5.32 Å². The van der Waals surface area contributed by atoms with Crippen molar-refractivity contribution in [3.8, 4) is 0 Å². The number of nitrogens with one attached hydrogen (secondary N) is 1. The SMILES string of the molecule is CC(NC(=O)N1CCCC(C2(C)OCCO2)C1)C(C)(C)C. The molecule has 0 aromatic carbocycles. The van der Waals surface area contributed by atoms with E-state index in [1.54, 1.807) is 0 Å². The molecule has 2 aliphatic heterocycles. The van der Waals surface area contributed by atoms with E-state index in [0.717, 1.165) is 19.4 Å². The molecule has 1 N–H and O–H groups in total. The summed E-state index contributed by atoms with van der Waals surface area (Å²) < 4.78 is 11.5. The Morgan fingerprint density at radius 1 is 1.33 bits per heavy atom. The number of rotatable bonds is 2. The summed E-state index contributed by atoms with van der Waals surface area (Å²) in [7, 11) is 0. The van der Waals surface area contributed by atoms with E-state index in [9.17, 15) is 4.79 Å². The molecule has 2 rings (SSSR count). The van der Waals surface area contributed by atoms with Crippen LogP contribution in [0.25, 0.3) is 0 Å². The fourth-order valence-electron chi connectivity index (χ4n) is 2.85. The number of likely N-dealkylation sites (tertiary alicyclic amines) is 1. The van der Waals surface area contributed by atoms with E-state index >= 15 is 0 Å². The molecule has 2 heterocycles. The second kappa shape index (κ2) is 6.13. The Kier molecular flexibility index (Phi) is 4.83. The summed E-state index contributed by atoms with van der Waals surface area (Å²) in [5.74, 6) is -0.265. The molecule has 0 aliphatic carbocycles. The first-order valence-corrected chi connectivity index (χ1v) is 8.06. The quantitative estimate of drug-likeness (QED) is 0.852. The van der Waals surface area contributed by atoms with Gasteiger partial charge in [0.1, 0.15) is 0 Å². The number of hydrogen-bond acceptors (Lipinski definition) is 3. The van der Waals surface area contributed by atoms with Gasteiger partial charge in [0.25, 0.3) is 0 Å². The Morgan fingerprint density at radius 2 is 1.95 bits per heavy atom. The third-order valence-corrected chi connectivity index (χ3v) is 4.95. The van der Waals surface area contributed by atoms with Crippen molar-refractivity contribution in [2.75, 3.05) is 26.3 Å². The van der Waals surface area contributed by atoms with Crippen molar-refractivity contribution in [3.63, 3.8) is 0 Å². The number of hydrogen-bond donors (Lipinski definition) is 1. The van der Waals surface area contributed by atoms with Crippen LogP contribution in [0, 0.1) is 11.3 Å². The van der Waals surface area contributed by atoms with Crippen molar-refractivity contribution >= 4 is 6.03 Å². The van der Waals surface area contributed by atoms with Crippen molar-refractivity contribution in [3.05, 3.63) is 0 Å². The maximum Gasteiger partial charge on any atom is 0.317 e. The molecule has 0 radical (unpaired) electrons. The summed E-state index contributed by atoms with van der Waals surface area (Å²) in [6.07, 6.45) is 2.05. The molecule has 0 saturated carbocycles. The van der Waals surface area contributed by atoms with E-state index in [1.165, 1.54) is 0 Å². The highest BCUT2D eigenvalue weighted by Crippen LogP contribution is 2.34. The molecule has 5 heteroatoms. The summed E-state index contributed by atoms with van der Waals surface area (Å²) in [6.45, 7) is 13.3. The van der Waals surface area contributed by atoms with Gasteiger partial charge in [-0.25, -0.2) is 4.79 Å². The highest BCUT2D eigenvalue weighted by Gasteiger charge is 2.42. The number of carbonyl (C=O) groups excluding carboxylic acids is 1. The smallest absolute Gasteiger partial charge is 0.317 e. The van der Waals surface area contributed by atoms with Gasteiger partial charge in [0.05, 0.1) is 13.2 Å². The maximum absolute atomic E-state index is 12.5. The first kappa shape index (κ1) is 16.6. The minimum absolute atomic E-state index is 0.0312. The Morgan fingerprint density at radius 3 is 2.52 bits per heavy atom. The fraction of sp³-hybridized carbons (Fsp3) is 0.938. The van der Waals surface area contributed by atoms with Gasteiger partial charge in [-0.15, -0.1) is 0 Å². The summed E-state index contributed by atoms with van der Waals surface area (Å²) >= 11 is 0. The van der Waals surface area contributed by atoms with Gasteiger partial charge in [0.15, 0.2) is 5.79 Å². The van der Waals surface area contributed by atoms with Crippen molar-refractivity contribution in [2.24, 2.45) is 11.3 Å². The molecule has 21 heavy (non-hydrogen) atoms. The van der Waals surface area contributed by atoms with E-state index in [1.807, 2.05) is 11.8 Å². The van der Waals surface area contributed by atoms with Gasteiger partial charge in [-0.05, 0) is 32.1 Å². The summed E-state index contributed by atoms with van der Waals surface area (Å²) in [5.41, 5.74) is 0.0640. The van der Waals surface area contributed by atoms with E-state index in [0.29, 0.717) is 19.8 Å². The molecule has 0 aromatic heterocycles. The molecule has 122 valence electrons. The van der Waals surface area contributed by atoms with Gasteiger partial charge in [-0.2, -0.15) is 0 Å². The minimum atomic E-state index is -0.519. The lowest BCUT2D eigenvalue weighted by Crippen LogP contribution is -2.54. The molecule has 2 fully saturated rings. The van der Waals surface area contributed by atoms with Crippen LogP contribution in [-0.4, -0.2) is 49.1 Å². The van der Waals surface area contributed by atoms with Crippen LogP contribution in [0.4, 0.5) is 4.79 Å². The average Bonchev–Trinajstić information content (AvgIpc) is 2.86. The van der Waals surface area contributed by atoms with Crippen LogP contribution in [0.1, 0.15) is 47.5 Å². The van der Waals surface area contributed by atoms with Crippen molar-refractivity contribution in [2.45, 2.75) is 59.3 Å². The van der Waals surface area contributed by atoms with Gasteiger partial charge in [0.2, 0.25) is 0 Å². The number of amides is 2. The number of ether oxygens (including phenoxy) is 2. The Balaban J connectivity index is 1.93. The molecule has 2 atom stereocenters. The zero-order valence-corrected chi connectivity index (χ0v) is 14.1. The van der Waals surface area contributed by atoms with Gasteiger partial charge in [-0.1, -0.05) is 20.8 Å². The summed E-state index contributed by atoms with van der Waals surface area (Å²) in [6, 6.07) is 0.170. The van der Waals surface area contributed by atoms with Gasteiger partial charge >= 0.3 is 6.03 Å². The van der Waals surface area contributed by atoms with Crippen LogP contribution in [-0.2, 0) is 9.47 Å². The largest absolute Gasteiger partial charge is 0.347 e. The molecule has 2 saturated heterocycles. The van der Waals surface area contributed by atoms with E-state index in [-0.39, 0.29) is 23.4 Å². The van der Waals surface area contributed by atoms with Gasteiger partial charge in [-0.3, -0.25) is 0 Å². The second-order valence-electron chi connectivity index (χ2n) is 7.54. The molecule has 0 bridgehead atoms. The molecule has 2 amide bonds. The molecular formula is C16H30N2O3. The number of piperidine rings is 1. The van der Waals surface area contributed by atoms with Crippen LogP contribution in [0.15, 0.2) is 0 Å². The maximum atomic E-state index is 12.5. The molecule has 2 unspecified atom stereocenters. The van der Waals surface area contributed by atoms with Crippen LogP contribution in [0.2, 0.25) is 0 Å². The third kappa shape index (κ3) is 3.89. The van der Waals surface area contributed by atoms with Crippen molar-refractivity contribution in [1.82, 2.24) is 10.2 Å². The molecule has 0 spiro atoms. The zero-order valence-electron chi connectivity index (χ0n) is 14.1. The topological polar surface area (TPSA) is 50.8 Å². The van der Waals surface area contributed by atoms with Crippen molar-refractivity contribution in [1.29, 1.82) is 0 Å². The lowest BCUT2D eigenvalue weighted by molar-refractivity contribution is -0.189. The second-order valence-corrected chi connectivity index (χ2v) is 7.54.